The van der Waals surface area contributed by atoms with Gasteiger partial charge in [-0.15, -0.1) is 0 Å². The van der Waals surface area contributed by atoms with Crippen LogP contribution in [0.5, 0.6) is 5.75 Å². The van der Waals surface area contributed by atoms with E-state index in [9.17, 15) is 14.4 Å². The van der Waals surface area contributed by atoms with Crippen LogP contribution in [0.2, 0.25) is 0 Å². The number of ether oxygens (including phenoxy) is 1. The van der Waals surface area contributed by atoms with Crippen molar-refractivity contribution in [2.75, 3.05) is 13.2 Å². The van der Waals surface area contributed by atoms with Gasteiger partial charge < -0.3 is 20.5 Å². The van der Waals surface area contributed by atoms with E-state index >= 15 is 0 Å². The third kappa shape index (κ3) is 8.00. The number of carboxylic acid groups (broad SMARTS) is 1. The Morgan fingerprint density at radius 3 is 2.15 bits per heavy atom. The van der Waals surface area contributed by atoms with Crippen LogP contribution in [-0.4, -0.2) is 42.1 Å². The second kappa shape index (κ2) is 10.4. The van der Waals surface area contributed by atoms with Crippen LogP contribution in [-0.2, 0) is 14.4 Å². The number of carbonyl (C=O) groups is 3. The van der Waals surface area contributed by atoms with Crippen molar-refractivity contribution >= 4 is 17.8 Å². The van der Waals surface area contributed by atoms with Crippen LogP contribution in [0.4, 0.5) is 0 Å². The van der Waals surface area contributed by atoms with E-state index in [-0.39, 0.29) is 19.1 Å². The lowest BCUT2D eigenvalue weighted by atomic mass is 10.0. The Hall–Kier alpha value is -2.57. The standard InChI is InChI=1S/C19H28N2O5/c1-12(2)9-16(19(24)25)21-17(22)10-20-18(23)11-26-15-7-5-14(6-8-15)13(3)4/h5-8,12-13,16H,9-11H2,1-4H3,(H,20,23)(H,21,22)(H,24,25)/t16-/m0/s1. The van der Waals surface area contributed by atoms with E-state index in [4.69, 9.17) is 9.84 Å². The van der Waals surface area contributed by atoms with Crippen LogP contribution in [0.1, 0.15) is 45.6 Å². The molecule has 7 heteroatoms. The van der Waals surface area contributed by atoms with Gasteiger partial charge in [0.2, 0.25) is 5.91 Å². The Bertz CT molecular complexity index is 611. The summed E-state index contributed by atoms with van der Waals surface area (Å²) in [6.07, 6.45) is 0.324. The first-order valence-corrected chi connectivity index (χ1v) is 8.70. The van der Waals surface area contributed by atoms with Gasteiger partial charge in [0.25, 0.3) is 5.91 Å². The maximum atomic E-state index is 11.8. The van der Waals surface area contributed by atoms with Gasteiger partial charge >= 0.3 is 5.97 Å². The molecule has 7 nitrogen and oxygen atoms in total. The molecule has 1 rings (SSSR count). The molecule has 0 heterocycles. The van der Waals surface area contributed by atoms with Gasteiger partial charge in [0, 0.05) is 0 Å². The smallest absolute Gasteiger partial charge is 0.326 e. The van der Waals surface area contributed by atoms with Crippen LogP contribution >= 0.6 is 0 Å². The van der Waals surface area contributed by atoms with Crippen molar-refractivity contribution < 1.29 is 24.2 Å². The van der Waals surface area contributed by atoms with Crippen molar-refractivity contribution in [3.05, 3.63) is 29.8 Å². The molecule has 1 aromatic rings. The summed E-state index contributed by atoms with van der Waals surface area (Å²) >= 11 is 0. The van der Waals surface area contributed by atoms with Crippen LogP contribution in [0.15, 0.2) is 24.3 Å². The second-order valence-corrected chi connectivity index (χ2v) is 6.88. The number of carbonyl (C=O) groups excluding carboxylic acids is 2. The van der Waals surface area contributed by atoms with Gasteiger partial charge in [0.15, 0.2) is 6.61 Å². The van der Waals surface area contributed by atoms with E-state index in [0.29, 0.717) is 18.1 Å². The molecule has 2 amide bonds. The van der Waals surface area contributed by atoms with Crippen LogP contribution in [0, 0.1) is 5.92 Å². The van der Waals surface area contributed by atoms with Crippen LogP contribution in [0.25, 0.3) is 0 Å². The molecule has 0 spiro atoms. The number of hydrogen-bond donors (Lipinski definition) is 3. The molecule has 0 saturated carbocycles. The molecule has 0 unspecified atom stereocenters. The fraction of sp³-hybridized carbons (Fsp3) is 0.526. The maximum absolute atomic E-state index is 11.8. The van der Waals surface area contributed by atoms with Gasteiger partial charge in [-0.3, -0.25) is 9.59 Å². The zero-order chi connectivity index (χ0) is 19.7. The molecule has 0 aromatic heterocycles. The predicted octanol–water partition coefficient (Wildman–Crippen LogP) is 1.92. The number of rotatable bonds is 10. The lowest BCUT2D eigenvalue weighted by molar-refractivity contribution is -0.142. The number of carboxylic acids is 1. The number of nitrogens with one attached hydrogen (secondary N) is 2. The minimum atomic E-state index is -1.09. The average molecular weight is 364 g/mol. The molecule has 1 aromatic carbocycles. The molecule has 0 aliphatic rings. The van der Waals surface area contributed by atoms with Crippen molar-refractivity contribution in [2.45, 2.75) is 46.1 Å². The Labute approximate surface area is 154 Å². The number of benzene rings is 1. The Morgan fingerprint density at radius 2 is 1.65 bits per heavy atom. The highest BCUT2D eigenvalue weighted by atomic mass is 16.5. The highest BCUT2D eigenvalue weighted by molar-refractivity contribution is 5.88. The first kappa shape index (κ1) is 21.5. The molecule has 3 N–H and O–H groups in total. The SMILES string of the molecule is CC(C)C[C@H](NC(=O)CNC(=O)COc1ccc(C(C)C)cc1)C(=O)O. The summed E-state index contributed by atoms with van der Waals surface area (Å²) in [5.41, 5.74) is 1.17. The Kier molecular flexibility index (Phi) is 8.61. The van der Waals surface area contributed by atoms with Gasteiger partial charge in [0.1, 0.15) is 11.8 Å². The number of hydrogen-bond acceptors (Lipinski definition) is 4. The van der Waals surface area contributed by atoms with Gasteiger partial charge in [-0.25, -0.2) is 4.79 Å². The van der Waals surface area contributed by atoms with Gasteiger partial charge in [-0.2, -0.15) is 0 Å². The van der Waals surface area contributed by atoms with Crippen molar-refractivity contribution in [2.24, 2.45) is 5.92 Å². The van der Waals surface area contributed by atoms with E-state index in [1.807, 2.05) is 26.0 Å². The van der Waals surface area contributed by atoms with Crippen molar-refractivity contribution in [3.8, 4) is 5.75 Å². The average Bonchev–Trinajstić information content (AvgIpc) is 2.57. The van der Waals surface area contributed by atoms with Gasteiger partial charge in [-0.05, 0) is 36.0 Å². The summed E-state index contributed by atoms with van der Waals surface area (Å²) in [5, 5.41) is 13.9. The lowest BCUT2D eigenvalue weighted by Crippen LogP contribution is -2.46. The van der Waals surface area contributed by atoms with Crippen molar-refractivity contribution in [3.63, 3.8) is 0 Å². The summed E-state index contributed by atoms with van der Waals surface area (Å²) in [7, 11) is 0. The minimum Gasteiger partial charge on any atom is -0.484 e. The highest BCUT2D eigenvalue weighted by Gasteiger charge is 2.21. The van der Waals surface area contributed by atoms with Gasteiger partial charge in [0.05, 0.1) is 6.54 Å². The molecule has 0 radical (unpaired) electrons. The molecule has 26 heavy (non-hydrogen) atoms. The highest BCUT2D eigenvalue weighted by Crippen LogP contribution is 2.18. The molecule has 0 saturated heterocycles. The fourth-order valence-corrected chi connectivity index (χ4v) is 2.27. The molecule has 0 bridgehead atoms. The van der Waals surface area contributed by atoms with Crippen LogP contribution < -0.4 is 15.4 Å². The third-order valence-corrected chi connectivity index (χ3v) is 3.70. The summed E-state index contributed by atoms with van der Waals surface area (Å²) in [5.74, 6) is -0.988. The second-order valence-electron chi connectivity index (χ2n) is 6.88. The Morgan fingerprint density at radius 1 is 1.04 bits per heavy atom. The quantitative estimate of drug-likeness (QED) is 0.588. The predicted molar refractivity (Wildman–Crippen MR) is 98.1 cm³/mol. The third-order valence-electron chi connectivity index (χ3n) is 3.70. The zero-order valence-electron chi connectivity index (χ0n) is 15.7. The first-order valence-electron chi connectivity index (χ1n) is 8.70. The monoisotopic (exact) mass is 364 g/mol. The summed E-state index contributed by atoms with van der Waals surface area (Å²) in [6.45, 7) is 7.40. The maximum Gasteiger partial charge on any atom is 0.326 e. The van der Waals surface area contributed by atoms with Crippen LogP contribution in [0.3, 0.4) is 0 Å². The summed E-state index contributed by atoms with van der Waals surface area (Å²) in [6, 6.07) is 6.49. The molecule has 0 aliphatic carbocycles. The lowest BCUT2D eigenvalue weighted by Gasteiger charge is -2.16. The van der Waals surface area contributed by atoms with Crippen molar-refractivity contribution in [1.82, 2.24) is 10.6 Å². The van der Waals surface area contributed by atoms with E-state index in [2.05, 4.69) is 24.5 Å². The molecule has 144 valence electrons. The molecule has 0 aliphatic heterocycles. The summed E-state index contributed by atoms with van der Waals surface area (Å²) < 4.78 is 5.37. The zero-order valence-corrected chi connectivity index (χ0v) is 15.7. The normalized spacial score (nSPS) is 11.9. The van der Waals surface area contributed by atoms with E-state index < -0.39 is 23.8 Å². The molecular weight excluding hydrogens is 336 g/mol. The van der Waals surface area contributed by atoms with Crippen molar-refractivity contribution in [1.29, 1.82) is 0 Å². The van der Waals surface area contributed by atoms with Gasteiger partial charge in [-0.1, -0.05) is 39.8 Å². The largest absolute Gasteiger partial charge is 0.484 e. The fourth-order valence-electron chi connectivity index (χ4n) is 2.27. The number of amides is 2. The number of aliphatic carboxylic acids is 1. The van der Waals surface area contributed by atoms with E-state index in [0.717, 1.165) is 0 Å². The first-order chi connectivity index (χ1) is 12.2. The molecular formula is C19H28N2O5. The minimum absolute atomic E-state index is 0.126. The molecule has 1 atom stereocenters. The summed E-state index contributed by atoms with van der Waals surface area (Å²) in [4.78, 5) is 34.7. The Balaban J connectivity index is 2.36. The van der Waals surface area contributed by atoms with E-state index in [1.54, 1.807) is 12.1 Å². The topological polar surface area (TPSA) is 105 Å². The van der Waals surface area contributed by atoms with E-state index in [1.165, 1.54) is 5.56 Å². The molecule has 0 fully saturated rings.